The highest BCUT2D eigenvalue weighted by Gasteiger charge is 2.31. The van der Waals surface area contributed by atoms with Gasteiger partial charge in [0, 0.05) is 5.41 Å². The summed E-state index contributed by atoms with van der Waals surface area (Å²) in [5, 5.41) is 0. The van der Waals surface area contributed by atoms with Crippen molar-refractivity contribution in [2.24, 2.45) is 0 Å². The van der Waals surface area contributed by atoms with Crippen LogP contribution in [0.3, 0.4) is 0 Å². The van der Waals surface area contributed by atoms with Gasteiger partial charge in [-0.25, -0.2) is 0 Å². The Hall–Kier alpha value is -1.04. The lowest BCUT2D eigenvalue weighted by Gasteiger charge is -2.25. The van der Waals surface area contributed by atoms with Crippen molar-refractivity contribution in [3.05, 3.63) is 48.6 Å². The Balaban J connectivity index is 2.36. The smallest absolute Gasteiger partial charge is 0.0129 e. The van der Waals surface area contributed by atoms with E-state index in [9.17, 15) is 0 Å². The Morgan fingerprint density at radius 3 is 2.23 bits per heavy atom. The van der Waals surface area contributed by atoms with Crippen molar-refractivity contribution >= 4 is 0 Å². The standard InChI is InChI=1S/C13H16/c1-2-13(10-6-7-11-13)12-8-4-3-5-9-12/h2-5,8-9H,1,6-7,10-11H2. The minimum Gasteiger partial charge on any atom is -0.102 e. The molecule has 0 unspecified atom stereocenters. The summed E-state index contributed by atoms with van der Waals surface area (Å²) in [4.78, 5) is 0. The van der Waals surface area contributed by atoms with Crippen LogP contribution in [0, 0.1) is 0 Å². The van der Waals surface area contributed by atoms with E-state index >= 15 is 0 Å². The molecule has 1 aromatic carbocycles. The van der Waals surface area contributed by atoms with Crippen molar-refractivity contribution in [1.82, 2.24) is 0 Å². The fraction of sp³-hybridized carbons (Fsp3) is 0.385. The first-order chi connectivity index (χ1) is 6.37. The summed E-state index contributed by atoms with van der Waals surface area (Å²) in [6.07, 6.45) is 7.40. The quantitative estimate of drug-likeness (QED) is 0.597. The van der Waals surface area contributed by atoms with Crippen molar-refractivity contribution < 1.29 is 0 Å². The van der Waals surface area contributed by atoms with E-state index in [1.54, 1.807) is 0 Å². The highest BCUT2D eigenvalue weighted by atomic mass is 14.4. The summed E-state index contributed by atoms with van der Waals surface area (Å²) in [6, 6.07) is 10.8. The molecule has 0 spiro atoms. The molecule has 0 heteroatoms. The van der Waals surface area contributed by atoms with Crippen LogP contribution in [-0.4, -0.2) is 0 Å². The Bertz CT molecular complexity index is 278. The summed E-state index contributed by atoms with van der Waals surface area (Å²) < 4.78 is 0. The van der Waals surface area contributed by atoms with Crippen LogP contribution in [0.25, 0.3) is 0 Å². The zero-order valence-electron chi connectivity index (χ0n) is 8.00. The van der Waals surface area contributed by atoms with Crippen LogP contribution >= 0.6 is 0 Å². The number of benzene rings is 1. The van der Waals surface area contributed by atoms with E-state index in [-0.39, 0.29) is 0 Å². The SMILES string of the molecule is C=CC1(c2ccccc2)CCCC1. The lowest BCUT2D eigenvalue weighted by atomic mass is 9.79. The van der Waals surface area contributed by atoms with Crippen molar-refractivity contribution in [2.75, 3.05) is 0 Å². The highest BCUT2D eigenvalue weighted by molar-refractivity contribution is 5.31. The maximum Gasteiger partial charge on any atom is 0.0129 e. The van der Waals surface area contributed by atoms with E-state index in [4.69, 9.17) is 0 Å². The van der Waals surface area contributed by atoms with E-state index in [2.05, 4.69) is 43.0 Å². The third-order valence-electron chi connectivity index (χ3n) is 3.24. The average molecular weight is 172 g/mol. The molecule has 1 aliphatic rings. The minimum atomic E-state index is 0.293. The Morgan fingerprint density at radius 2 is 1.69 bits per heavy atom. The second-order valence-electron chi connectivity index (χ2n) is 3.93. The van der Waals surface area contributed by atoms with E-state index in [0.29, 0.717) is 5.41 Å². The third kappa shape index (κ3) is 1.41. The molecule has 0 aliphatic heterocycles. The van der Waals surface area contributed by atoms with Gasteiger partial charge >= 0.3 is 0 Å². The fourth-order valence-electron chi connectivity index (χ4n) is 2.39. The van der Waals surface area contributed by atoms with Crippen LogP contribution in [0.15, 0.2) is 43.0 Å². The van der Waals surface area contributed by atoms with Crippen LogP contribution in [0.2, 0.25) is 0 Å². The molecule has 2 rings (SSSR count). The molecule has 0 atom stereocenters. The molecule has 1 aromatic rings. The topological polar surface area (TPSA) is 0 Å². The minimum absolute atomic E-state index is 0.293. The summed E-state index contributed by atoms with van der Waals surface area (Å²) in [5.41, 5.74) is 1.74. The Labute approximate surface area is 80.3 Å². The molecule has 1 fully saturated rings. The van der Waals surface area contributed by atoms with Gasteiger partial charge in [-0.15, -0.1) is 6.58 Å². The maximum absolute atomic E-state index is 3.99. The molecule has 0 amide bonds. The second kappa shape index (κ2) is 3.37. The predicted molar refractivity (Wildman–Crippen MR) is 56.8 cm³/mol. The molecule has 0 N–H and O–H groups in total. The molecule has 0 saturated heterocycles. The van der Waals surface area contributed by atoms with Crippen LogP contribution < -0.4 is 0 Å². The number of hydrogen-bond donors (Lipinski definition) is 0. The molecular weight excluding hydrogens is 156 g/mol. The molecule has 68 valence electrons. The first kappa shape index (κ1) is 8.55. The zero-order chi connectivity index (χ0) is 9.15. The molecule has 1 saturated carbocycles. The molecule has 13 heavy (non-hydrogen) atoms. The summed E-state index contributed by atoms with van der Waals surface area (Å²) >= 11 is 0. The molecule has 0 nitrogen and oxygen atoms in total. The Kier molecular flexibility index (Phi) is 2.22. The number of hydrogen-bond acceptors (Lipinski definition) is 0. The molecule has 0 aromatic heterocycles. The van der Waals surface area contributed by atoms with Gasteiger partial charge in [-0.05, 0) is 18.4 Å². The molecule has 0 bridgehead atoms. The summed E-state index contributed by atoms with van der Waals surface area (Å²) in [6.45, 7) is 3.99. The fourth-order valence-corrected chi connectivity index (χ4v) is 2.39. The zero-order valence-corrected chi connectivity index (χ0v) is 8.00. The third-order valence-corrected chi connectivity index (χ3v) is 3.24. The first-order valence-corrected chi connectivity index (χ1v) is 5.06. The lowest BCUT2D eigenvalue weighted by Crippen LogP contribution is -2.17. The summed E-state index contributed by atoms with van der Waals surface area (Å²) in [5.74, 6) is 0. The van der Waals surface area contributed by atoms with Crippen molar-refractivity contribution in [1.29, 1.82) is 0 Å². The van der Waals surface area contributed by atoms with Gasteiger partial charge < -0.3 is 0 Å². The highest BCUT2D eigenvalue weighted by Crippen LogP contribution is 2.41. The van der Waals surface area contributed by atoms with Crippen molar-refractivity contribution in [3.8, 4) is 0 Å². The van der Waals surface area contributed by atoms with Crippen LogP contribution in [0.4, 0.5) is 0 Å². The van der Waals surface area contributed by atoms with Gasteiger partial charge in [0.1, 0.15) is 0 Å². The molecule has 1 aliphatic carbocycles. The lowest BCUT2D eigenvalue weighted by molar-refractivity contribution is 0.559. The van der Waals surface area contributed by atoms with Crippen LogP contribution in [-0.2, 0) is 5.41 Å². The predicted octanol–water partition coefficient (Wildman–Crippen LogP) is 3.68. The monoisotopic (exact) mass is 172 g/mol. The van der Waals surface area contributed by atoms with Gasteiger partial charge in [0.2, 0.25) is 0 Å². The van der Waals surface area contributed by atoms with E-state index in [1.165, 1.54) is 31.2 Å². The normalized spacial score (nSPS) is 20.0. The van der Waals surface area contributed by atoms with Crippen molar-refractivity contribution in [2.45, 2.75) is 31.1 Å². The van der Waals surface area contributed by atoms with Gasteiger partial charge in [-0.2, -0.15) is 0 Å². The van der Waals surface area contributed by atoms with Gasteiger partial charge in [0.05, 0.1) is 0 Å². The van der Waals surface area contributed by atoms with Crippen LogP contribution in [0.5, 0.6) is 0 Å². The molecule has 0 radical (unpaired) electrons. The number of rotatable bonds is 2. The van der Waals surface area contributed by atoms with E-state index < -0.39 is 0 Å². The van der Waals surface area contributed by atoms with E-state index in [0.717, 1.165) is 0 Å². The van der Waals surface area contributed by atoms with Crippen LogP contribution in [0.1, 0.15) is 31.2 Å². The Morgan fingerprint density at radius 1 is 1.08 bits per heavy atom. The second-order valence-corrected chi connectivity index (χ2v) is 3.93. The van der Waals surface area contributed by atoms with Gasteiger partial charge in [0.15, 0.2) is 0 Å². The van der Waals surface area contributed by atoms with Gasteiger partial charge in [0.25, 0.3) is 0 Å². The maximum atomic E-state index is 3.99. The van der Waals surface area contributed by atoms with Gasteiger partial charge in [-0.1, -0.05) is 49.2 Å². The van der Waals surface area contributed by atoms with E-state index in [1.807, 2.05) is 0 Å². The first-order valence-electron chi connectivity index (χ1n) is 5.06. The number of allylic oxidation sites excluding steroid dienone is 1. The van der Waals surface area contributed by atoms with Gasteiger partial charge in [-0.3, -0.25) is 0 Å². The summed E-state index contributed by atoms with van der Waals surface area (Å²) in [7, 11) is 0. The van der Waals surface area contributed by atoms with Crippen molar-refractivity contribution in [3.63, 3.8) is 0 Å². The largest absolute Gasteiger partial charge is 0.102 e. The molecule has 0 heterocycles. The average Bonchev–Trinajstić information content (AvgIpc) is 2.69. The molecular formula is C13H16.